The van der Waals surface area contributed by atoms with Crippen LogP contribution in [0, 0.1) is 23.7 Å². The van der Waals surface area contributed by atoms with Crippen LogP contribution in [-0.2, 0) is 11.3 Å². The number of nitrogens with zero attached hydrogens (tertiary/aromatic N) is 2. The van der Waals surface area contributed by atoms with Crippen molar-refractivity contribution in [3.63, 3.8) is 0 Å². The van der Waals surface area contributed by atoms with Crippen LogP contribution in [0.15, 0.2) is 53.5 Å². The Hall–Kier alpha value is -3.26. The predicted molar refractivity (Wildman–Crippen MR) is 159 cm³/mol. The highest BCUT2D eigenvalue weighted by Gasteiger charge is 2.07. The van der Waals surface area contributed by atoms with Crippen LogP contribution in [0.4, 0.5) is 0 Å². The Morgan fingerprint density at radius 3 is 1.73 bits per heavy atom. The molecule has 196 valence electrons. The van der Waals surface area contributed by atoms with Crippen LogP contribution >= 0.6 is 0 Å². The van der Waals surface area contributed by atoms with Crippen LogP contribution in [0.2, 0.25) is 0 Å². The Kier molecular flexibility index (Phi) is 16.1. The van der Waals surface area contributed by atoms with Crippen LogP contribution in [0.3, 0.4) is 0 Å². The maximum atomic E-state index is 9.77. The van der Waals surface area contributed by atoms with E-state index in [1.807, 2.05) is 0 Å². The SMILES string of the molecule is CCCCC#CC#CCn1c2ccccc2c2ccccc21.CCCCCCCCCCCCN=C=O. The monoisotopic (exact) mass is 496 g/mol. The van der Waals surface area contributed by atoms with Crippen LogP contribution in [0.5, 0.6) is 0 Å². The molecular formula is C34H44N2O. The number of hydrogen-bond donors (Lipinski definition) is 0. The summed E-state index contributed by atoms with van der Waals surface area (Å²) in [5.41, 5.74) is 2.47. The number of hydrogen-bond acceptors (Lipinski definition) is 2. The summed E-state index contributed by atoms with van der Waals surface area (Å²) in [6, 6.07) is 17.0. The Morgan fingerprint density at radius 2 is 1.16 bits per heavy atom. The molecule has 0 fully saturated rings. The van der Waals surface area contributed by atoms with Crippen LogP contribution < -0.4 is 0 Å². The number of fused-ring (bicyclic) bond motifs is 3. The zero-order chi connectivity index (χ0) is 26.4. The molecule has 0 spiro atoms. The van der Waals surface area contributed by atoms with Crippen molar-refractivity contribution in [1.82, 2.24) is 4.57 Å². The first-order valence-corrected chi connectivity index (χ1v) is 14.3. The number of carbonyl (C=O) groups excluding carboxylic acids is 1. The van der Waals surface area contributed by atoms with Crippen molar-refractivity contribution in [2.75, 3.05) is 6.54 Å². The summed E-state index contributed by atoms with van der Waals surface area (Å²) < 4.78 is 2.27. The highest BCUT2D eigenvalue weighted by Crippen LogP contribution is 2.28. The molecule has 0 aliphatic rings. The highest BCUT2D eigenvalue weighted by molar-refractivity contribution is 6.08. The van der Waals surface area contributed by atoms with Crippen molar-refractivity contribution in [2.45, 2.75) is 104 Å². The van der Waals surface area contributed by atoms with Gasteiger partial charge in [-0.15, -0.1) is 0 Å². The number of isocyanates is 1. The summed E-state index contributed by atoms with van der Waals surface area (Å²) in [5, 5.41) is 2.57. The van der Waals surface area contributed by atoms with Crippen LogP contribution in [0.1, 0.15) is 97.3 Å². The Labute approximate surface area is 224 Å². The third-order valence-electron chi connectivity index (χ3n) is 6.50. The summed E-state index contributed by atoms with van der Waals surface area (Å²) in [7, 11) is 0. The molecule has 0 N–H and O–H groups in total. The molecule has 3 nitrogen and oxygen atoms in total. The van der Waals surface area contributed by atoms with E-state index in [-0.39, 0.29) is 0 Å². The topological polar surface area (TPSA) is 34.4 Å². The van der Waals surface area contributed by atoms with Gasteiger partial charge in [0.2, 0.25) is 6.08 Å². The average molecular weight is 497 g/mol. The fourth-order valence-corrected chi connectivity index (χ4v) is 4.43. The fourth-order valence-electron chi connectivity index (χ4n) is 4.43. The zero-order valence-corrected chi connectivity index (χ0v) is 23.0. The van der Waals surface area contributed by atoms with Gasteiger partial charge in [-0.2, -0.15) is 0 Å². The highest BCUT2D eigenvalue weighted by atomic mass is 16.1. The van der Waals surface area contributed by atoms with Gasteiger partial charge in [0.15, 0.2) is 0 Å². The molecule has 0 aliphatic carbocycles. The maximum Gasteiger partial charge on any atom is 0.234 e. The molecule has 0 radical (unpaired) electrons. The number of aliphatic imine (C=N–C) groups is 1. The smallest absolute Gasteiger partial charge is 0.234 e. The van der Waals surface area contributed by atoms with E-state index in [1.165, 1.54) is 86.0 Å². The van der Waals surface area contributed by atoms with Crippen molar-refractivity contribution in [3.05, 3.63) is 48.5 Å². The number of rotatable bonds is 14. The second kappa shape index (κ2) is 19.9. The van der Waals surface area contributed by atoms with Gasteiger partial charge in [-0.3, -0.25) is 0 Å². The van der Waals surface area contributed by atoms with Crippen LogP contribution in [0.25, 0.3) is 21.8 Å². The molecule has 1 heterocycles. The van der Waals surface area contributed by atoms with Crippen molar-refractivity contribution in [3.8, 4) is 23.7 Å². The summed E-state index contributed by atoms with van der Waals surface area (Å²) in [4.78, 5) is 13.3. The van der Waals surface area contributed by atoms with E-state index in [9.17, 15) is 4.79 Å². The molecule has 0 bridgehead atoms. The van der Waals surface area contributed by atoms with E-state index in [4.69, 9.17) is 0 Å². The molecule has 2 aromatic carbocycles. The maximum absolute atomic E-state index is 9.77. The first-order chi connectivity index (χ1) is 18.3. The molecule has 37 heavy (non-hydrogen) atoms. The number of benzene rings is 2. The van der Waals surface area contributed by atoms with E-state index >= 15 is 0 Å². The second-order valence-electron chi connectivity index (χ2n) is 9.48. The van der Waals surface area contributed by atoms with Gasteiger partial charge in [0, 0.05) is 28.2 Å². The normalized spacial score (nSPS) is 10.0. The van der Waals surface area contributed by atoms with Gasteiger partial charge in [-0.25, -0.2) is 9.79 Å². The van der Waals surface area contributed by atoms with Crippen molar-refractivity contribution in [1.29, 1.82) is 0 Å². The fraction of sp³-hybridized carbons (Fsp3) is 0.500. The molecule has 3 rings (SSSR count). The lowest BCUT2D eigenvalue weighted by Gasteiger charge is -2.01. The van der Waals surface area contributed by atoms with Gasteiger partial charge in [-0.05, 0) is 36.8 Å². The lowest BCUT2D eigenvalue weighted by Crippen LogP contribution is -1.94. The van der Waals surface area contributed by atoms with Gasteiger partial charge in [-0.1, -0.05) is 126 Å². The first-order valence-electron chi connectivity index (χ1n) is 14.3. The third kappa shape index (κ3) is 11.6. The number of para-hydroxylation sites is 2. The Balaban J connectivity index is 0.000000283. The van der Waals surface area contributed by atoms with Gasteiger partial charge >= 0.3 is 0 Å². The minimum absolute atomic E-state index is 0.667. The first kappa shape index (κ1) is 30.0. The Morgan fingerprint density at radius 1 is 0.649 bits per heavy atom. The van der Waals surface area contributed by atoms with E-state index in [0.717, 1.165) is 19.3 Å². The summed E-state index contributed by atoms with van der Waals surface area (Å²) in [6.45, 7) is 5.77. The molecule has 1 aromatic heterocycles. The minimum atomic E-state index is 0.667. The standard InChI is InChI=1S/C21H19N.C13H25NO/c1-2-3-4-5-6-7-12-17-22-20-15-10-8-13-18(20)19-14-9-11-16-21(19)22;1-2-3-4-5-6-7-8-9-10-11-12-14-13-15/h8-11,13-16H,2-4,17H2,1H3;2-12H2,1H3. The predicted octanol–water partition coefficient (Wildman–Crippen LogP) is 9.23. The lowest BCUT2D eigenvalue weighted by molar-refractivity contribution is 0.552. The average Bonchev–Trinajstić information content (AvgIpc) is 3.25. The molecule has 3 aromatic rings. The molecule has 0 amide bonds. The van der Waals surface area contributed by atoms with Gasteiger partial charge < -0.3 is 4.57 Å². The van der Waals surface area contributed by atoms with Crippen molar-refractivity contribution >= 4 is 27.9 Å². The van der Waals surface area contributed by atoms with E-state index < -0.39 is 0 Å². The molecule has 0 saturated heterocycles. The lowest BCUT2D eigenvalue weighted by atomic mass is 10.1. The number of unbranched alkanes of at least 4 members (excludes halogenated alkanes) is 11. The van der Waals surface area contributed by atoms with E-state index in [2.05, 4.69) is 95.6 Å². The van der Waals surface area contributed by atoms with Crippen molar-refractivity contribution < 1.29 is 4.79 Å². The second-order valence-corrected chi connectivity index (χ2v) is 9.48. The zero-order valence-electron chi connectivity index (χ0n) is 23.0. The quantitative estimate of drug-likeness (QED) is 0.0947. The van der Waals surface area contributed by atoms with Gasteiger partial charge in [0.05, 0.1) is 13.1 Å². The number of aromatic nitrogens is 1. The largest absolute Gasteiger partial charge is 0.329 e. The molecule has 0 unspecified atom stereocenters. The van der Waals surface area contributed by atoms with Gasteiger partial charge in [0.1, 0.15) is 0 Å². The molecule has 0 saturated carbocycles. The summed E-state index contributed by atoms with van der Waals surface area (Å²) >= 11 is 0. The summed E-state index contributed by atoms with van der Waals surface area (Å²) in [6.07, 6.45) is 18.1. The molecule has 0 aliphatic heterocycles. The molecule has 3 heteroatoms. The van der Waals surface area contributed by atoms with Crippen molar-refractivity contribution in [2.24, 2.45) is 4.99 Å². The summed E-state index contributed by atoms with van der Waals surface area (Å²) in [5.74, 6) is 12.2. The third-order valence-corrected chi connectivity index (χ3v) is 6.50. The van der Waals surface area contributed by atoms with Gasteiger partial charge in [0.25, 0.3) is 0 Å². The Bertz CT molecular complexity index is 1160. The van der Waals surface area contributed by atoms with Crippen LogP contribution in [-0.4, -0.2) is 17.2 Å². The van der Waals surface area contributed by atoms with E-state index in [0.29, 0.717) is 13.1 Å². The minimum Gasteiger partial charge on any atom is -0.329 e. The molecular weight excluding hydrogens is 452 g/mol. The molecule has 0 atom stereocenters. The van der Waals surface area contributed by atoms with E-state index in [1.54, 1.807) is 6.08 Å².